The number of para-hydroxylation sites is 1. The lowest BCUT2D eigenvalue weighted by molar-refractivity contribution is 0.157. The topological polar surface area (TPSA) is 51.5 Å². The van der Waals surface area contributed by atoms with Crippen molar-refractivity contribution in [3.63, 3.8) is 0 Å². The van der Waals surface area contributed by atoms with Gasteiger partial charge in [0, 0.05) is 23.6 Å². The molecule has 4 rings (SSSR count). The Kier molecular flexibility index (Phi) is 4.45. The summed E-state index contributed by atoms with van der Waals surface area (Å²) in [6, 6.07) is 7.54. The van der Waals surface area contributed by atoms with Crippen LogP contribution in [0.5, 0.6) is 11.5 Å². The van der Waals surface area contributed by atoms with Gasteiger partial charge in [-0.05, 0) is 51.0 Å². The maximum atomic E-state index is 13.3. The van der Waals surface area contributed by atoms with E-state index in [1.165, 1.54) is 0 Å². The van der Waals surface area contributed by atoms with Crippen LogP contribution in [0, 0.1) is 0 Å². The molecule has 0 fully saturated rings. The Bertz CT molecular complexity index is 1170. The number of pyridine rings is 1. The van der Waals surface area contributed by atoms with Crippen LogP contribution >= 0.6 is 0 Å². The number of benzene rings is 2. The molecule has 1 N–H and O–H groups in total. The number of hydrogen-bond donors (Lipinski definition) is 1. The Hall–Kier alpha value is -2.75. The van der Waals surface area contributed by atoms with E-state index in [1.54, 1.807) is 0 Å². The molecule has 4 nitrogen and oxygen atoms in total. The second kappa shape index (κ2) is 6.69. The molecule has 0 saturated carbocycles. The highest BCUT2D eigenvalue weighted by molar-refractivity contribution is 6.03. The number of phenolic OH excluding ortho intramolecular Hbond substituents is 1. The van der Waals surface area contributed by atoms with Crippen molar-refractivity contribution in [2.75, 3.05) is 0 Å². The quantitative estimate of drug-likeness (QED) is 0.495. The van der Waals surface area contributed by atoms with Crippen LogP contribution in [-0.4, -0.2) is 15.3 Å². The van der Waals surface area contributed by atoms with Crippen molar-refractivity contribution < 1.29 is 9.84 Å². The van der Waals surface area contributed by atoms with Gasteiger partial charge in [0.05, 0.1) is 16.4 Å². The Morgan fingerprint density at radius 2 is 1.93 bits per heavy atom. The van der Waals surface area contributed by atoms with E-state index in [-0.39, 0.29) is 11.2 Å². The van der Waals surface area contributed by atoms with Crippen LogP contribution in [-0.2, 0) is 13.5 Å². The van der Waals surface area contributed by atoms with Crippen molar-refractivity contribution in [3.8, 4) is 11.5 Å². The first kappa shape index (κ1) is 18.6. The van der Waals surface area contributed by atoms with Gasteiger partial charge < -0.3 is 14.4 Å². The van der Waals surface area contributed by atoms with Gasteiger partial charge in [0.1, 0.15) is 17.1 Å². The fraction of sp³-hybridized carbons (Fsp3) is 0.375. The molecule has 0 unspecified atom stereocenters. The number of phenols is 1. The van der Waals surface area contributed by atoms with E-state index in [4.69, 9.17) is 4.74 Å². The Labute approximate surface area is 165 Å². The summed E-state index contributed by atoms with van der Waals surface area (Å²) >= 11 is 0. The first-order valence-corrected chi connectivity index (χ1v) is 10.0. The van der Waals surface area contributed by atoms with Crippen molar-refractivity contribution in [2.45, 2.75) is 52.1 Å². The molecule has 3 aromatic rings. The number of aryl methyl sites for hydroxylation is 1. The third kappa shape index (κ3) is 2.79. The van der Waals surface area contributed by atoms with Gasteiger partial charge in [-0.2, -0.15) is 0 Å². The van der Waals surface area contributed by atoms with Gasteiger partial charge in [-0.25, -0.2) is 0 Å². The summed E-state index contributed by atoms with van der Waals surface area (Å²) in [6.45, 7) is 6.16. The maximum Gasteiger partial charge on any atom is 0.200 e. The number of fused-ring (bicyclic) bond motifs is 4. The van der Waals surface area contributed by atoms with E-state index in [0.717, 1.165) is 41.4 Å². The first-order valence-electron chi connectivity index (χ1n) is 10.0. The Balaban J connectivity index is 2.15. The molecule has 2 heterocycles. The minimum Gasteiger partial charge on any atom is -0.507 e. The van der Waals surface area contributed by atoms with E-state index < -0.39 is 5.60 Å². The second-order valence-electron chi connectivity index (χ2n) is 8.19. The van der Waals surface area contributed by atoms with Crippen molar-refractivity contribution in [3.05, 3.63) is 51.7 Å². The maximum absolute atomic E-state index is 13.3. The zero-order valence-electron chi connectivity index (χ0n) is 17.0. The highest BCUT2D eigenvalue weighted by atomic mass is 16.5. The van der Waals surface area contributed by atoms with Crippen molar-refractivity contribution in [1.29, 1.82) is 0 Å². The van der Waals surface area contributed by atoms with Crippen LogP contribution in [0.15, 0.2) is 35.1 Å². The van der Waals surface area contributed by atoms with Crippen LogP contribution in [0.25, 0.3) is 27.9 Å². The van der Waals surface area contributed by atoms with Crippen LogP contribution < -0.4 is 10.2 Å². The molecule has 0 saturated heterocycles. The van der Waals surface area contributed by atoms with Crippen molar-refractivity contribution >= 4 is 27.9 Å². The molecule has 0 aliphatic carbocycles. The van der Waals surface area contributed by atoms with Crippen LogP contribution in [0.4, 0.5) is 0 Å². The number of ether oxygens (including phenoxy) is 1. The van der Waals surface area contributed by atoms with Gasteiger partial charge >= 0.3 is 0 Å². The minimum absolute atomic E-state index is 0.0716. The van der Waals surface area contributed by atoms with Crippen LogP contribution in [0.2, 0.25) is 0 Å². The van der Waals surface area contributed by atoms with E-state index >= 15 is 0 Å². The number of hydrogen-bond acceptors (Lipinski definition) is 3. The van der Waals surface area contributed by atoms with Crippen molar-refractivity contribution in [1.82, 2.24) is 4.57 Å². The number of aromatic nitrogens is 1. The van der Waals surface area contributed by atoms with Gasteiger partial charge in [0.15, 0.2) is 0 Å². The second-order valence-corrected chi connectivity index (χ2v) is 8.19. The first-order chi connectivity index (χ1) is 13.4. The highest BCUT2D eigenvalue weighted by Gasteiger charge is 2.30. The molecule has 0 spiro atoms. The van der Waals surface area contributed by atoms with E-state index in [0.29, 0.717) is 22.9 Å². The predicted molar refractivity (Wildman–Crippen MR) is 115 cm³/mol. The van der Waals surface area contributed by atoms with E-state index in [9.17, 15) is 9.90 Å². The van der Waals surface area contributed by atoms with Crippen LogP contribution in [0.1, 0.15) is 51.2 Å². The summed E-state index contributed by atoms with van der Waals surface area (Å²) in [7, 11) is 1.94. The SMILES string of the molecule is CCCCCc1c2c(c3c(c1O)c(=O)c1ccccc1n3C)C=CC(C)(C)O2. The third-order valence-corrected chi connectivity index (χ3v) is 5.65. The Morgan fingerprint density at radius 3 is 2.68 bits per heavy atom. The number of nitrogens with zero attached hydrogens (tertiary/aromatic N) is 1. The molecule has 0 atom stereocenters. The van der Waals surface area contributed by atoms with Crippen LogP contribution in [0.3, 0.4) is 0 Å². The normalized spacial score (nSPS) is 15.0. The molecule has 0 radical (unpaired) electrons. The fourth-order valence-electron chi connectivity index (χ4n) is 4.19. The zero-order valence-corrected chi connectivity index (χ0v) is 17.0. The summed E-state index contributed by atoms with van der Waals surface area (Å²) < 4.78 is 8.31. The Morgan fingerprint density at radius 1 is 1.18 bits per heavy atom. The summed E-state index contributed by atoms with van der Waals surface area (Å²) in [5, 5.41) is 12.2. The third-order valence-electron chi connectivity index (χ3n) is 5.65. The smallest absolute Gasteiger partial charge is 0.200 e. The minimum atomic E-state index is -0.456. The standard InChI is InChI=1S/C24H27NO3/c1-5-6-7-11-17-22(27)19-20(16-13-14-24(2,3)28-23(16)17)25(4)18-12-9-8-10-15(18)21(19)26/h8-10,12-14,27H,5-7,11H2,1-4H3. The van der Waals surface area contributed by atoms with Gasteiger partial charge in [0.25, 0.3) is 0 Å². The number of rotatable bonds is 4. The molecule has 1 aliphatic heterocycles. The van der Waals surface area contributed by atoms with Gasteiger partial charge in [0.2, 0.25) is 5.43 Å². The largest absolute Gasteiger partial charge is 0.507 e. The lowest BCUT2D eigenvalue weighted by Gasteiger charge is -2.31. The molecule has 1 aliphatic rings. The monoisotopic (exact) mass is 377 g/mol. The summed E-state index contributed by atoms with van der Waals surface area (Å²) in [4.78, 5) is 13.3. The summed E-state index contributed by atoms with van der Waals surface area (Å²) in [5.41, 5.74) is 2.62. The molecule has 0 amide bonds. The molecule has 1 aromatic heterocycles. The summed E-state index contributed by atoms with van der Waals surface area (Å²) in [6.07, 6.45) is 7.86. The molecule has 2 aromatic carbocycles. The lowest BCUT2D eigenvalue weighted by atomic mass is 9.92. The van der Waals surface area contributed by atoms with E-state index in [1.807, 2.05) is 61.9 Å². The molecule has 0 bridgehead atoms. The predicted octanol–water partition coefficient (Wildman–Crippen LogP) is 5.31. The zero-order chi connectivity index (χ0) is 20.1. The molecular formula is C24H27NO3. The van der Waals surface area contributed by atoms with Gasteiger partial charge in [-0.15, -0.1) is 0 Å². The molecule has 4 heteroatoms. The van der Waals surface area contributed by atoms with E-state index in [2.05, 4.69) is 6.92 Å². The lowest BCUT2D eigenvalue weighted by Crippen LogP contribution is -2.29. The summed E-state index contributed by atoms with van der Waals surface area (Å²) in [5.74, 6) is 0.779. The highest BCUT2D eigenvalue weighted by Crippen LogP contribution is 2.45. The van der Waals surface area contributed by atoms with Gasteiger partial charge in [-0.1, -0.05) is 31.9 Å². The average molecular weight is 377 g/mol. The fourth-order valence-corrected chi connectivity index (χ4v) is 4.19. The molecule has 146 valence electrons. The number of unbranched alkanes of at least 4 members (excludes halogenated alkanes) is 2. The molecular weight excluding hydrogens is 350 g/mol. The van der Waals surface area contributed by atoms with Gasteiger partial charge in [-0.3, -0.25) is 4.79 Å². The average Bonchev–Trinajstić information content (AvgIpc) is 2.67. The molecule has 28 heavy (non-hydrogen) atoms. The van der Waals surface area contributed by atoms with Crippen molar-refractivity contribution in [2.24, 2.45) is 7.05 Å². The number of aromatic hydroxyl groups is 1.